The number of ether oxygens (including phenoxy) is 3. The molecule has 0 fully saturated rings. The van der Waals surface area contributed by atoms with Gasteiger partial charge in [-0.15, -0.1) is 0 Å². The number of nitro groups is 2. The van der Waals surface area contributed by atoms with E-state index in [2.05, 4.69) is 0 Å². The molecule has 2 heterocycles. The molecule has 18 nitrogen and oxygen atoms in total. The van der Waals surface area contributed by atoms with Gasteiger partial charge in [-0.05, 0) is 49.2 Å². The normalized spacial score (nSPS) is 10.3. The highest BCUT2D eigenvalue weighted by Crippen LogP contribution is 2.38. The van der Waals surface area contributed by atoms with Crippen molar-refractivity contribution in [2.45, 2.75) is 40.9 Å². The fourth-order valence-electron chi connectivity index (χ4n) is 6.50. The van der Waals surface area contributed by atoms with E-state index < -0.39 is 72.5 Å². The summed E-state index contributed by atoms with van der Waals surface area (Å²) in [5.41, 5.74) is -3.54. The van der Waals surface area contributed by atoms with Crippen molar-refractivity contribution in [1.82, 2.24) is 18.3 Å². The molecule has 0 saturated heterocycles. The van der Waals surface area contributed by atoms with Gasteiger partial charge in [0.15, 0.2) is 34.6 Å². The minimum Gasteiger partial charge on any atom is -0.504 e. The number of phenols is 1. The van der Waals surface area contributed by atoms with E-state index in [4.69, 9.17) is 14.2 Å². The first-order chi connectivity index (χ1) is 34.9. The minimum atomic E-state index is -1.34. The van der Waals surface area contributed by atoms with Crippen molar-refractivity contribution >= 4 is 11.4 Å². The number of hydrogen-bond acceptors (Lipinski definition) is 12. The molecule has 0 saturated carbocycles. The third-order valence-corrected chi connectivity index (χ3v) is 10.4. The molecule has 1 N–H and O–H groups in total. The highest BCUT2D eigenvalue weighted by Gasteiger charge is 2.25. The van der Waals surface area contributed by atoms with E-state index in [9.17, 15) is 57.7 Å². The highest BCUT2D eigenvalue weighted by molar-refractivity contribution is 5.57. The number of aromatic hydroxyl groups is 1. The Hall–Kier alpha value is -9.53. The van der Waals surface area contributed by atoms with E-state index in [1.165, 1.54) is 27.1 Å². The molecule has 8 rings (SSSR count). The molecule has 0 radical (unpaired) electrons. The Labute approximate surface area is 413 Å². The summed E-state index contributed by atoms with van der Waals surface area (Å²) in [6.07, 6.45) is 0. The number of aryl methyl sites for hydroxylation is 2. The largest absolute Gasteiger partial charge is 0.504 e. The summed E-state index contributed by atoms with van der Waals surface area (Å²) < 4.78 is 62.7. The third-order valence-electron chi connectivity index (χ3n) is 10.4. The topological polar surface area (TPSA) is 222 Å². The summed E-state index contributed by atoms with van der Waals surface area (Å²) in [6, 6.07) is 37.2. The van der Waals surface area contributed by atoms with Gasteiger partial charge in [-0.1, -0.05) is 98.8 Å². The lowest BCUT2D eigenvalue weighted by atomic mass is 10.2. The molecule has 2 aromatic heterocycles. The molecule has 0 aliphatic rings. The Kier molecular flexibility index (Phi) is 18.5. The van der Waals surface area contributed by atoms with Crippen LogP contribution in [0, 0.1) is 51.5 Å². The number of para-hydroxylation sites is 4. The second kappa shape index (κ2) is 24.8. The predicted molar refractivity (Wildman–Crippen MR) is 265 cm³/mol. The Morgan fingerprint density at radius 3 is 1.37 bits per heavy atom. The molecule has 73 heavy (non-hydrogen) atoms. The minimum absolute atomic E-state index is 0.133. The smallest absolute Gasteiger partial charge is 0.335 e. The second-order valence-electron chi connectivity index (χ2n) is 15.2. The second-order valence-corrected chi connectivity index (χ2v) is 15.2. The predicted octanol–water partition coefficient (Wildman–Crippen LogP) is 9.29. The summed E-state index contributed by atoms with van der Waals surface area (Å²) in [5, 5.41) is 31.6. The Balaban J connectivity index is 0.000000220. The van der Waals surface area contributed by atoms with Gasteiger partial charge in [0.05, 0.1) is 33.4 Å². The molecule has 0 aliphatic carbocycles. The van der Waals surface area contributed by atoms with Crippen LogP contribution in [-0.4, -0.2) is 33.2 Å². The lowest BCUT2D eigenvalue weighted by Crippen LogP contribution is -2.38. The van der Waals surface area contributed by atoms with Crippen molar-refractivity contribution < 1.29 is 42.3 Å². The molecule has 0 amide bonds. The number of nitrogens with zero attached hydrogens (tertiary/aromatic N) is 6. The van der Waals surface area contributed by atoms with Gasteiger partial charge in [0.1, 0.15) is 13.2 Å². The van der Waals surface area contributed by atoms with Crippen LogP contribution in [0.5, 0.6) is 28.7 Å². The van der Waals surface area contributed by atoms with Crippen molar-refractivity contribution in [2.24, 2.45) is 14.1 Å². The average Bonchev–Trinajstić information content (AvgIpc) is 3.37. The average molecular weight is 1000 g/mol. The van der Waals surface area contributed by atoms with E-state index in [1.807, 2.05) is 80.6 Å². The summed E-state index contributed by atoms with van der Waals surface area (Å²) in [6.45, 7) is 7.74. The lowest BCUT2D eigenvalue weighted by Gasteiger charge is -2.15. The Morgan fingerprint density at radius 1 is 0.507 bits per heavy atom. The first-order valence-electron chi connectivity index (χ1n) is 22.0. The van der Waals surface area contributed by atoms with Crippen LogP contribution in [0.2, 0.25) is 0 Å². The van der Waals surface area contributed by atoms with Gasteiger partial charge >= 0.3 is 22.8 Å². The molecule has 378 valence electrons. The summed E-state index contributed by atoms with van der Waals surface area (Å²) in [7, 11) is 2.78. The SMILES string of the molecule is CC.Cc1cc(=O)n(-c2cc(F)c([N+](=O)[O-])cc2F)c(=O)n1C.Cc1cc(=O)n(-c2cc(Oc3ccccc3OCc3ccccc3)c([N+](=O)[O-])cc2F)c(=O)n1C.Oc1ccccc1OCc1ccccc1. The maximum Gasteiger partial charge on any atom is 0.335 e. The third kappa shape index (κ3) is 13.4. The van der Waals surface area contributed by atoms with E-state index in [-0.39, 0.29) is 23.9 Å². The summed E-state index contributed by atoms with van der Waals surface area (Å²) in [4.78, 5) is 69.3. The fourth-order valence-corrected chi connectivity index (χ4v) is 6.50. The molecule has 0 atom stereocenters. The van der Waals surface area contributed by atoms with Gasteiger partial charge < -0.3 is 28.5 Å². The number of halogens is 3. The van der Waals surface area contributed by atoms with Crippen LogP contribution < -0.4 is 36.7 Å². The lowest BCUT2D eigenvalue weighted by molar-refractivity contribution is -0.387. The van der Waals surface area contributed by atoms with Gasteiger partial charge in [-0.3, -0.25) is 29.8 Å². The van der Waals surface area contributed by atoms with Crippen LogP contribution >= 0.6 is 0 Å². The molecule has 0 aliphatic heterocycles. The maximum atomic E-state index is 14.9. The first kappa shape index (κ1) is 54.4. The van der Waals surface area contributed by atoms with Crippen molar-refractivity contribution in [3.8, 4) is 40.1 Å². The zero-order valence-corrected chi connectivity index (χ0v) is 40.0. The van der Waals surface area contributed by atoms with Crippen molar-refractivity contribution in [3.63, 3.8) is 0 Å². The number of nitro benzene ring substituents is 2. The van der Waals surface area contributed by atoms with Crippen LogP contribution in [0.3, 0.4) is 0 Å². The van der Waals surface area contributed by atoms with E-state index in [0.29, 0.717) is 56.8 Å². The van der Waals surface area contributed by atoms with Crippen LogP contribution in [0.15, 0.2) is 165 Å². The number of aromatic nitrogens is 4. The van der Waals surface area contributed by atoms with Crippen LogP contribution in [0.25, 0.3) is 11.4 Å². The van der Waals surface area contributed by atoms with Crippen LogP contribution in [-0.2, 0) is 27.3 Å². The highest BCUT2D eigenvalue weighted by atomic mass is 19.1. The van der Waals surface area contributed by atoms with Gasteiger partial charge in [-0.25, -0.2) is 27.5 Å². The molecule has 0 spiro atoms. The van der Waals surface area contributed by atoms with E-state index in [0.717, 1.165) is 38.5 Å². The quantitative estimate of drug-likeness (QED) is 0.0893. The molecule has 8 aromatic rings. The van der Waals surface area contributed by atoms with Crippen molar-refractivity contribution in [2.75, 3.05) is 0 Å². The Morgan fingerprint density at radius 2 is 0.904 bits per heavy atom. The fraction of sp³-hybridized carbons (Fsp3) is 0.154. The van der Waals surface area contributed by atoms with E-state index >= 15 is 0 Å². The Bertz CT molecular complexity index is 3510. The number of hydrogen-bond donors (Lipinski definition) is 1. The monoisotopic (exact) mass is 1000 g/mol. The molecule has 6 aromatic carbocycles. The zero-order chi connectivity index (χ0) is 53.5. The van der Waals surface area contributed by atoms with Gasteiger partial charge in [0, 0.05) is 49.7 Å². The van der Waals surface area contributed by atoms with Crippen LogP contribution in [0.4, 0.5) is 24.5 Å². The van der Waals surface area contributed by atoms with Gasteiger partial charge in [0.2, 0.25) is 11.6 Å². The maximum absolute atomic E-state index is 14.9. The number of rotatable bonds is 12. The summed E-state index contributed by atoms with van der Waals surface area (Å²) >= 11 is 0. The van der Waals surface area contributed by atoms with Gasteiger partial charge in [0.25, 0.3) is 11.1 Å². The molecule has 21 heteroatoms. The number of benzene rings is 6. The standard InChI is InChI=1S/C25H20FN3O6.C13H12O2.C12H9F2N3O4.C2H6/c1-16-12-24(30)28(25(31)27(16)2)19-14-23(20(29(32)33)13-18(19)26)35-22-11-7-6-10-21(22)34-15-17-8-4-3-5-9-17;14-12-8-4-5-9-13(12)15-10-11-6-2-1-3-7-11;1-6-3-11(18)16(12(19)15(6)2)9-4-8(14)10(17(20)21)5-7(9)13;1-2/h3-14H,15H2,1-2H3;1-9,14H,10H2;3-5H,1-2H3;1-2H3. The molecule has 0 bridgehead atoms. The van der Waals surface area contributed by atoms with E-state index in [1.54, 1.807) is 43.3 Å². The van der Waals surface area contributed by atoms with Crippen molar-refractivity contribution in [1.29, 1.82) is 0 Å². The molecule has 0 unspecified atom stereocenters. The van der Waals surface area contributed by atoms with Crippen LogP contribution in [0.1, 0.15) is 36.4 Å². The first-order valence-corrected chi connectivity index (χ1v) is 22.0. The molecular formula is C52H47F3N6O12. The zero-order valence-electron chi connectivity index (χ0n) is 40.0. The molecular weight excluding hydrogens is 958 g/mol. The van der Waals surface area contributed by atoms with Crippen molar-refractivity contribution in [3.05, 3.63) is 247 Å². The van der Waals surface area contributed by atoms with Gasteiger partial charge in [-0.2, -0.15) is 4.39 Å². The number of phenolic OH excluding ortho intramolecular Hbond substituents is 1. The summed E-state index contributed by atoms with van der Waals surface area (Å²) in [5.74, 6) is -2.96.